The molecule has 0 N–H and O–H groups in total. The Morgan fingerprint density at radius 3 is 2.40 bits per heavy atom. The van der Waals surface area contributed by atoms with E-state index in [1.54, 1.807) is 23.8 Å². The van der Waals surface area contributed by atoms with Crippen LogP contribution in [0.5, 0.6) is 11.5 Å². The van der Waals surface area contributed by atoms with E-state index in [-0.39, 0.29) is 11.2 Å². The summed E-state index contributed by atoms with van der Waals surface area (Å²) in [7, 11) is 3.49. The molecule has 1 atom stereocenters. The molecular formula is C20H25NO3S. The number of hydrogen-bond acceptors (Lipinski definition) is 4. The third-order valence-electron chi connectivity index (χ3n) is 3.75. The lowest BCUT2D eigenvalue weighted by atomic mass is 10.3. The van der Waals surface area contributed by atoms with Crippen LogP contribution in [0.15, 0.2) is 59.5 Å². The molecule has 0 aliphatic heterocycles. The highest BCUT2D eigenvalue weighted by Gasteiger charge is 2.18. The van der Waals surface area contributed by atoms with E-state index in [1.807, 2.05) is 68.6 Å². The summed E-state index contributed by atoms with van der Waals surface area (Å²) in [6.45, 7) is 3.22. The summed E-state index contributed by atoms with van der Waals surface area (Å²) in [5.41, 5.74) is 0. The van der Waals surface area contributed by atoms with Gasteiger partial charge in [-0.05, 0) is 49.7 Å². The van der Waals surface area contributed by atoms with Crippen LogP contribution in [-0.2, 0) is 4.79 Å². The van der Waals surface area contributed by atoms with Crippen molar-refractivity contribution >= 4 is 17.7 Å². The summed E-state index contributed by atoms with van der Waals surface area (Å²) in [6, 6.07) is 17.5. The van der Waals surface area contributed by atoms with E-state index in [2.05, 4.69) is 0 Å². The maximum absolute atomic E-state index is 12.5. The number of carbonyl (C=O) groups excluding carboxylic acids is 1. The number of methoxy groups -OCH3 is 1. The SMILES string of the molecule is COc1ccc(SC(C)C(=O)N(C)CCCOc2ccccc2)cc1. The van der Waals surface area contributed by atoms with Gasteiger partial charge in [-0.25, -0.2) is 0 Å². The molecule has 5 heteroatoms. The third-order valence-corrected chi connectivity index (χ3v) is 4.85. The van der Waals surface area contributed by atoms with E-state index in [0.717, 1.165) is 22.8 Å². The van der Waals surface area contributed by atoms with Crippen molar-refractivity contribution in [2.24, 2.45) is 0 Å². The molecule has 0 saturated heterocycles. The zero-order valence-corrected chi connectivity index (χ0v) is 15.8. The second-order valence-electron chi connectivity index (χ2n) is 5.71. The first kappa shape index (κ1) is 19.2. The molecule has 0 aromatic heterocycles. The molecule has 0 fully saturated rings. The molecule has 0 radical (unpaired) electrons. The number of benzene rings is 2. The minimum absolute atomic E-state index is 0.125. The van der Waals surface area contributed by atoms with Crippen molar-refractivity contribution in [2.75, 3.05) is 27.3 Å². The highest BCUT2D eigenvalue weighted by molar-refractivity contribution is 8.00. The Hall–Kier alpha value is -2.14. The molecule has 134 valence electrons. The summed E-state index contributed by atoms with van der Waals surface area (Å²) < 4.78 is 10.8. The molecule has 2 rings (SSSR count). The Kier molecular flexibility index (Phi) is 7.67. The quantitative estimate of drug-likeness (QED) is 0.499. The Morgan fingerprint density at radius 2 is 1.76 bits per heavy atom. The zero-order chi connectivity index (χ0) is 18.1. The largest absolute Gasteiger partial charge is 0.497 e. The number of amides is 1. The summed E-state index contributed by atoms with van der Waals surface area (Å²) in [5.74, 6) is 1.80. The fourth-order valence-electron chi connectivity index (χ4n) is 2.34. The predicted molar refractivity (Wildman–Crippen MR) is 103 cm³/mol. The Balaban J connectivity index is 1.72. The first-order valence-electron chi connectivity index (χ1n) is 8.33. The molecule has 0 bridgehead atoms. The van der Waals surface area contributed by atoms with E-state index in [9.17, 15) is 4.79 Å². The molecule has 0 aliphatic rings. The van der Waals surface area contributed by atoms with Crippen molar-refractivity contribution in [1.29, 1.82) is 0 Å². The average molecular weight is 359 g/mol. The van der Waals surface area contributed by atoms with E-state index < -0.39 is 0 Å². The van der Waals surface area contributed by atoms with Gasteiger partial charge < -0.3 is 14.4 Å². The molecule has 2 aromatic carbocycles. The first-order chi connectivity index (χ1) is 12.1. The van der Waals surface area contributed by atoms with Gasteiger partial charge in [-0.15, -0.1) is 11.8 Å². The molecule has 0 spiro atoms. The van der Waals surface area contributed by atoms with Crippen LogP contribution in [0.3, 0.4) is 0 Å². The third kappa shape index (κ3) is 6.35. The summed E-state index contributed by atoms with van der Waals surface area (Å²) in [5, 5.41) is -0.131. The Morgan fingerprint density at radius 1 is 1.08 bits per heavy atom. The highest BCUT2D eigenvalue weighted by Crippen LogP contribution is 2.26. The van der Waals surface area contributed by atoms with Gasteiger partial charge in [-0.3, -0.25) is 4.79 Å². The monoisotopic (exact) mass is 359 g/mol. The van der Waals surface area contributed by atoms with Gasteiger partial charge in [0.15, 0.2) is 0 Å². The van der Waals surface area contributed by atoms with Gasteiger partial charge in [0.05, 0.1) is 19.0 Å². The van der Waals surface area contributed by atoms with Gasteiger partial charge in [0.2, 0.25) is 5.91 Å². The fraction of sp³-hybridized carbons (Fsp3) is 0.350. The summed E-state index contributed by atoms with van der Waals surface area (Å²) in [6.07, 6.45) is 0.803. The van der Waals surface area contributed by atoms with Gasteiger partial charge in [0.1, 0.15) is 11.5 Å². The normalized spacial score (nSPS) is 11.6. The van der Waals surface area contributed by atoms with Crippen LogP contribution in [0, 0.1) is 0 Å². The van der Waals surface area contributed by atoms with Gasteiger partial charge in [0, 0.05) is 18.5 Å². The molecule has 1 unspecified atom stereocenters. The van der Waals surface area contributed by atoms with E-state index in [4.69, 9.17) is 9.47 Å². The highest BCUT2D eigenvalue weighted by atomic mass is 32.2. The molecule has 0 aliphatic carbocycles. The molecule has 0 saturated carbocycles. The Labute approximate surface area is 154 Å². The number of ether oxygens (including phenoxy) is 2. The number of thioether (sulfide) groups is 1. The minimum atomic E-state index is -0.131. The lowest BCUT2D eigenvalue weighted by Crippen LogP contribution is -2.34. The minimum Gasteiger partial charge on any atom is -0.497 e. The molecule has 2 aromatic rings. The van der Waals surface area contributed by atoms with Crippen LogP contribution in [0.25, 0.3) is 0 Å². The van der Waals surface area contributed by atoms with E-state index >= 15 is 0 Å². The average Bonchev–Trinajstić information content (AvgIpc) is 2.65. The maximum Gasteiger partial charge on any atom is 0.235 e. The van der Waals surface area contributed by atoms with Gasteiger partial charge in [-0.1, -0.05) is 18.2 Å². The van der Waals surface area contributed by atoms with E-state index in [1.165, 1.54) is 0 Å². The number of carbonyl (C=O) groups is 1. The maximum atomic E-state index is 12.5. The standard InChI is InChI=1S/C20H25NO3S/c1-16(25-19-12-10-17(23-3)11-13-19)20(22)21(2)14-7-15-24-18-8-5-4-6-9-18/h4-6,8-13,16H,7,14-15H2,1-3H3. The van der Waals surface area contributed by atoms with Crippen LogP contribution in [0.4, 0.5) is 0 Å². The molecule has 1 amide bonds. The smallest absolute Gasteiger partial charge is 0.235 e. The van der Waals surface area contributed by atoms with Gasteiger partial charge >= 0.3 is 0 Å². The van der Waals surface area contributed by atoms with E-state index in [0.29, 0.717) is 13.2 Å². The molecule has 25 heavy (non-hydrogen) atoms. The van der Waals surface area contributed by atoms with Gasteiger partial charge in [0.25, 0.3) is 0 Å². The lowest BCUT2D eigenvalue weighted by Gasteiger charge is -2.21. The van der Waals surface area contributed by atoms with Crippen molar-refractivity contribution in [3.05, 3.63) is 54.6 Å². The second kappa shape index (κ2) is 9.99. The summed E-state index contributed by atoms with van der Waals surface area (Å²) in [4.78, 5) is 15.3. The molecular weight excluding hydrogens is 334 g/mol. The second-order valence-corrected chi connectivity index (χ2v) is 7.12. The van der Waals surface area contributed by atoms with Crippen molar-refractivity contribution in [2.45, 2.75) is 23.5 Å². The summed E-state index contributed by atoms with van der Waals surface area (Å²) >= 11 is 1.56. The Bertz CT molecular complexity index is 646. The lowest BCUT2D eigenvalue weighted by molar-refractivity contribution is -0.129. The number of para-hydroxylation sites is 1. The van der Waals surface area contributed by atoms with Crippen molar-refractivity contribution in [3.63, 3.8) is 0 Å². The predicted octanol–water partition coefficient (Wildman–Crippen LogP) is 4.10. The molecule has 0 heterocycles. The van der Waals surface area contributed by atoms with Crippen molar-refractivity contribution in [1.82, 2.24) is 4.90 Å². The van der Waals surface area contributed by atoms with Crippen LogP contribution >= 0.6 is 11.8 Å². The van der Waals surface area contributed by atoms with Crippen molar-refractivity contribution in [3.8, 4) is 11.5 Å². The van der Waals surface area contributed by atoms with Crippen LogP contribution in [-0.4, -0.2) is 43.4 Å². The molecule has 4 nitrogen and oxygen atoms in total. The zero-order valence-electron chi connectivity index (χ0n) is 15.0. The van der Waals surface area contributed by atoms with Gasteiger partial charge in [-0.2, -0.15) is 0 Å². The fourth-order valence-corrected chi connectivity index (χ4v) is 3.32. The number of nitrogens with zero attached hydrogens (tertiary/aromatic N) is 1. The number of rotatable bonds is 9. The van der Waals surface area contributed by atoms with Crippen molar-refractivity contribution < 1.29 is 14.3 Å². The first-order valence-corrected chi connectivity index (χ1v) is 9.21. The van der Waals surface area contributed by atoms with Crippen LogP contribution in [0.2, 0.25) is 0 Å². The number of hydrogen-bond donors (Lipinski definition) is 0. The van der Waals surface area contributed by atoms with Crippen LogP contribution in [0.1, 0.15) is 13.3 Å². The van der Waals surface area contributed by atoms with Crippen LogP contribution < -0.4 is 9.47 Å². The topological polar surface area (TPSA) is 38.8 Å².